The van der Waals surface area contributed by atoms with Gasteiger partial charge >= 0.3 is 5.97 Å². The molecule has 1 fully saturated rings. The number of benzene rings is 1. The summed E-state index contributed by atoms with van der Waals surface area (Å²) in [5.41, 5.74) is 0.899. The molecule has 31 heavy (non-hydrogen) atoms. The number of carbonyl (C=O) groups excluding carboxylic acids is 5. The van der Waals surface area contributed by atoms with E-state index in [1.54, 1.807) is 0 Å². The van der Waals surface area contributed by atoms with E-state index in [4.69, 9.17) is 4.74 Å². The molecular weight excluding hydrogens is 400 g/mol. The molecule has 1 heterocycles. The number of ketones is 1. The van der Waals surface area contributed by atoms with Crippen LogP contribution in [0.1, 0.15) is 31.7 Å². The number of amides is 3. The molecule has 1 N–H and O–H groups in total. The fourth-order valence-corrected chi connectivity index (χ4v) is 3.89. The summed E-state index contributed by atoms with van der Waals surface area (Å²) in [5, 5.41) is 2.57. The number of imide groups is 1. The molecule has 8 heteroatoms. The van der Waals surface area contributed by atoms with Crippen LogP contribution in [0, 0.1) is 11.8 Å². The standard InChI is InChI=1S/C23H26N2O6/c1-15(26)19(13-16-7-3-2-4-8-16)24-20(27)14-31-21(28)11-12-25-22(29)17-9-5-6-10-18(17)23(25)30/h2-8,17-19H,9-14H2,1H3,(H,24,27)/t17-,18+,19-/m1/s1. The molecule has 8 nitrogen and oxygen atoms in total. The number of nitrogens with one attached hydrogen (secondary N) is 1. The second-order valence-corrected chi connectivity index (χ2v) is 7.82. The Morgan fingerprint density at radius 3 is 2.26 bits per heavy atom. The van der Waals surface area contributed by atoms with Crippen molar-refractivity contribution < 1.29 is 28.7 Å². The van der Waals surface area contributed by atoms with Crippen LogP contribution >= 0.6 is 0 Å². The topological polar surface area (TPSA) is 110 Å². The molecule has 2 aliphatic rings. The smallest absolute Gasteiger partial charge is 0.308 e. The highest BCUT2D eigenvalue weighted by atomic mass is 16.5. The van der Waals surface area contributed by atoms with Crippen molar-refractivity contribution in [2.45, 2.75) is 38.6 Å². The van der Waals surface area contributed by atoms with Gasteiger partial charge in [-0.05, 0) is 31.7 Å². The number of rotatable bonds is 9. The molecule has 0 aromatic heterocycles. The molecule has 0 unspecified atom stereocenters. The van der Waals surface area contributed by atoms with Gasteiger partial charge in [0.2, 0.25) is 11.8 Å². The summed E-state index contributed by atoms with van der Waals surface area (Å²) in [7, 11) is 0. The molecule has 1 aromatic rings. The summed E-state index contributed by atoms with van der Waals surface area (Å²) in [6, 6.07) is 8.54. The maximum Gasteiger partial charge on any atom is 0.308 e. The fourth-order valence-electron chi connectivity index (χ4n) is 3.89. The number of Topliss-reactive ketones (excluding diaryl/α,β-unsaturated/α-hetero) is 1. The van der Waals surface area contributed by atoms with E-state index in [0.717, 1.165) is 10.5 Å². The van der Waals surface area contributed by atoms with Crippen LogP contribution in [0.2, 0.25) is 0 Å². The van der Waals surface area contributed by atoms with Gasteiger partial charge in [-0.1, -0.05) is 42.5 Å². The second kappa shape index (κ2) is 10.1. The zero-order valence-electron chi connectivity index (χ0n) is 17.4. The average Bonchev–Trinajstić information content (AvgIpc) is 3.01. The zero-order chi connectivity index (χ0) is 22.4. The molecule has 3 atom stereocenters. The molecule has 3 rings (SSSR count). The first-order valence-electron chi connectivity index (χ1n) is 10.4. The first-order valence-corrected chi connectivity index (χ1v) is 10.4. The lowest BCUT2D eigenvalue weighted by molar-refractivity contribution is -0.150. The number of esters is 1. The van der Waals surface area contributed by atoms with Crippen LogP contribution in [0.25, 0.3) is 0 Å². The predicted octanol–water partition coefficient (Wildman–Crippen LogP) is 1.19. The number of nitrogens with zero attached hydrogens (tertiary/aromatic N) is 1. The number of hydrogen-bond donors (Lipinski definition) is 1. The number of hydrogen-bond acceptors (Lipinski definition) is 6. The van der Waals surface area contributed by atoms with Crippen LogP contribution in [0.5, 0.6) is 0 Å². The summed E-state index contributed by atoms with van der Waals surface area (Å²) in [5.74, 6) is -2.67. The summed E-state index contributed by atoms with van der Waals surface area (Å²) in [4.78, 5) is 61.9. The molecule has 0 bridgehead atoms. The van der Waals surface area contributed by atoms with Gasteiger partial charge < -0.3 is 10.1 Å². The highest BCUT2D eigenvalue weighted by Crippen LogP contribution is 2.34. The van der Waals surface area contributed by atoms with Gasteiger partial charge in [0.1, 0.15) is 0 Å². The van der Waals surface area contributed by atoms with Crippen molar-refractivity contribution in [3.8, 4) is 0 Å². The van der Waals surface area contributed by atoms with Gasteiger partial charge in [-0.25, -0.2) is 0 Å². The average molecular weight is 426 g/mol. The maximum absolute atomic E-state index is 12.4. The summed E-state index contributed by atoms with van der Waals surface area (Å²) in [6.07, 6.45) is 5.03. The monoisotopic (exact) mass is 426 g/mol. The number of fused-ring (bicyclic) bond motifs is 1. The van der Waals surface area contributed by atoms with Gasteiger partial charge in [0.05, 0.1) is 24.3 Å². The van der Waals surface area contributed by atoms with Gasteiger partial charge in [-0.15, -0.1) is 0 Å². The van der Waals surface area contributed by atoms with E-state index in [-0.39, 0.29) is 42.4 Å². The zero-order valence-corrected chi connectivity index (χ0v) is 17.4. The van der Waals surface area contributed by atoms with Crippen molar-refractivity contribution in [1.82, 2.24) is 10.2 Å². The minimum absolute atomic E-state index is 0.0603. The third-order valence-electron chi connectivity index (χ3n) is 5.61. The Balaban J connectivity index is 1.42. The van der Waals surface area contributed by atoms with Gasteiger partial charge in [0.15, 0.2) is 12.4 Å². The SMILES string of the molecule is CC(=O)[C@@H](Cc1ccccc1)NC(=O)COC(=O)CCN1C(=O)[C@H]2CC=CC[C@H]2C1=O. The molecule has 1 saturated heterocycles. The number of carbonyl (C=O) groups is 5. The van der Waals surface area contributed by atoms with Crippen molar-refractivity contribution in [3.63, 3.8) is 0 Å². The number of likely N-dealkylation sites (tertiary alicyclic amines) is 1. The predicted molar refractivity (Wildman–Crippen MR) is 110 cm³/mol. The Bertz CT molecular complexity index is 869. The Morgan fingerprint density at radius 2 is 1.68 bits per heavy atom. The Hall–Kier alpha value is -3.29. The molecule has 3 amide bonds. The molecule has 0 radical (unpaired) electrons. The fraction of sp³-hybridized carbons (Fsp3) is 0.435. The summed E-state index contributed by atoms with van der Waals surface area (Å²) in [6.45, 7) is 0.792. The first kappa shape index (κ1) is 22.4. The van der Waals surface area contributed by atoms with Gasteiger partial charge in [0.25, 0.3) is 5.91 Å². The normalized spacial score (nSPS) is 20.9. The summed E-state index contributed by atoms with van der Waals surface area (Å²) >= 11 is 0. The van der Waals surface area contributed by atoms with Gasteiger partial charge in [0, 0.05) is 6.54 Å². The lowest BCUT2D eigenvalue weighted by Crippen LogP contribution is -2.43. The largest absolute Gasteiger partial charge is 0.456 e. The van der Waals surface area contributed by atoms with Crippen LogP contribution in [-0.4, -0.2) is 53.6 Å². The van der Waals surface area contributed by atoms with Crippen molar-refractivity contribution in [3.05, 3.63) is 48.0 Å². The van der Waals surface area contributed by atoms with Crippen LogP contribution in [0.15, 0.2) is 42.5 Å². The highest BCUT2D eigenvalue weighted by molar-refractivity contribution is 6.05. The van der Waals surface area contributed by atoms with Crippen molar-refractivity contribution in [2.24, 2.45) is 11.8 Å². The molecule has 164 valence electrons. The quantitative estimate of drug-likeness (QED) is 0.361. The Morgan fingerprint density at radius 1 is 1.06 bits per heavy atom. The Kier molecular flexibility index (Phi) is 7.33. The molecular formula is C23H26N2O6. The van der Waals surface area contributed by atoms with E-state index in [1.165, 1.54) is 6.92 Å². The van der Waals surface area contributed by atoms with Crippen LogP contribution < -0.4 is 5.32 Å². The number of allylic oxidation sites excluding steroid dienone is 2. The molecule has 1 aromatic carbocycles. The van der Waals surface area contributed by atoms with E-state index in [2.05, 4.69) is 5.32 Å². The van der Waals surface area contributed by atoms with Gasteiger partial charge in [-0.2, -0.15) is 0 Å². The van der Waals surface area contributed by atoms with Crippen LogP contribution in [0.4, 0.5) is 0 Å². The van der Waals surface area contributed by atoms with E-state index in [9.17, 15) is 24.0 Å². The first-order chi connectivity index (χ1) is 14.9. The lowest BCUT2D eigenvalue weighted by atomic mass is 9.85. The molecule has 1 aliphatic heterocycles. The van der Waals surface area contributed by atoms with Crippen molar-refractivity contribution in [2.75, 3.05) is 13.2 Å². The lowest BCUT2D eigenvalue weighted by Gasteiger charge is -2.16. The minimum Gasteiger partial charge on any atom is -0.456 e. The maximum atomic E-state index is 12.4. The highest BCUT2D eigenvalue weighted by Gasteiger charge is 2.46. The molecule has 0 saturated carbocycles. The Labute approximate surface area is 180 Å². The van der Waals surface area contributed by atoms with Crippen LogP contribution in [0.3, 0.4) is 0 Å². The van der Waals surface area contributed by atoms with E-state index in [0.29, 0.717) is 19.3 Å². The third kappa shape index (κ3) is 5.65. The van der Waals surface area contributed by atoms with Gasteiger partial charge in [-0.3, -0.25) is 28.9 Å². The third-order valence-corrected chi connectivity index (χ3v) is 5.61. The summed E-state index contributed by atoms with van der Waals surface area (Å²) < 4.78 is 4.96. The number of ether oxygens (including phenoxy) is 1. The second-order valence-electron chi connectivity index (χ2n) is 7.82. The molecule has 1 aliphatic carbocycles. The van der Waals surface area contributed by atoms with Crippen molar-refractivity contribution in [1.29, 1.82) is 0 Å². The van der Waals surface area contributed by atoms with Crippen LogP contribution in [-0.2, 0) is 35.1 Å². The van der Waals surface area contributed by atoms with Crippen molar-refractivity contribution >= 4 is 29.5 Å². The van der Waals surface area contributed by atoms with E-state index < -0.39 is 24.5 Å². The van der Waals surface area contributed by atoms with E-state index >= 15 is 0 Å². The minimum atomic E-state index is -0.717. The van der Waals surface area contributed by atoms with E-state index in [1.807, 2.05) is 42.5 Å². The molecule has 0 spiro atoms.